The predicted octanol–water partition coefficient (Wildman–Crippen LogP) is 2.92. The van der Waals surface area contributed by atoms with Crippen molar-refractivity contribution >= 4 is 15.7 Å². The van der Waals surface area contributed by atoms with E-state index in [2.05, 4.69) is 19.2 Å². The summed E-state index contributed by atoms with van der Waals surface area (Å²) in [5.41, 5.74) is 0. The van der Waals surface area contributed by atoms with Gasteiger partial charge in [0.15, 0.2) is 9.84 Å². The van der Waals surface area contributed by atoms with Crippen molar-refractivity contribution in [2.24, 2.45) is 17.8 Å². The Morgan fingerprint density at radius 3 is 2.36 bits per heavy atom. The fourth-order valence-electron chi connectivity index (χ4n) is 4.01. The first-order valence-corrected chi connectivity index (χ1v) is 10.7. The third kappa shape index (κ3) is 5.25. The van der Waals surface area contributed by atoms with Crippen molar-refractivity contribution in [3.05, 3.63) is 0 Å². The molecular weight excluding hydrogens is 298 g/mol. The molecule has 3 atom stereocenters. The second-order valence-corrected chi connectivity index (χ2v) is 9.61. The second kappa shape index (κ2) is 7.80. The topological polar surface area (TPSA) is 63.2 Å². The minimum atomic E-state index is -3.27. The predicted molar refractivity (Wildman–Crippen MR) is 89.3 cm³/mol. The summed E-state index contributed by atoms with van der Waals surface area (Å²) in [7, 11) is -3.27. The first-order valence-electron chi connectivity index (χ1n) is 8.87. The molecule has 2 rings (SSSR count). The third-order valence-electron chi connectivity index (χ3n) is 5.62. The molecule has 3 unspecified atom stereocenters. The number of carbonyl (C=O) groups is 1. The van der Waals surface area contributed by atoms with Crippen molar-refractivity contribution in [1.29, 1.82) is 0 Å². The average molecular weight is 330 g/mol. The Morgan fingerprint density at radius 2 is 1.68 bits per heavy atom. The fourth-order valence-corrected chi connectivity index (χ4v) is 5.66. The van der Waals surface area contributed by atoms with Crippen LogP contribution >= 0.6 is 0 Å². The van der Waals surface area contributed by atoms with E-state index in [1.807, 2.05) is 0 Å². The van der Waals surface area contributed by atoms with E-state index < -0.39 is 9.84 Å². The van der Waals surface area contributed by atoms with Crippen molar-refractivity contribution in [2.45, 2.75) is 71.3 Å². The molecule has 5 heteroatoms. The number of rotatable bonds is 5. The lowest BCUT2D eigenvalue weighted by Gasteiger charge is -2.34. The van der Waals surface area contributed by atoms with Gasteiger partial charge in [0.05, 0.1) is 5.75 Å². The van der Waals surface area contributed by atoms with Crippen molar-refractivity contribution in [1.82, 2.24) is 5.32 Å². The summed E-state index contributed by atoms with van der Waals surface area (Å²) in [6, 6.07) is 0.140. The van der Waals surface area contributed by atoms with Gasteiger partial charge in [-0.3, -0.25) is 4.79 Å². The summed E-state index contributed by atoms with van der Waals surface area (Å²) >= 11 is 0. The molecule has 0 aliphatic heterocycles. The van der Waals surface area contributed by atoms with E-state index in [0.717, 1.165) is 38.5 Å². The van der Waals surface area contributed by atoms with Gasteiger partial charge in [-0.2, -0.15) is 0 Å². The molecule has 2 saturated carbocycles. The summed E-state index contributed by atoms with van der Waals surface area (Å²) in [5.74, 6) is 0.844. The monoisotopic (exact) mass is 329 g/mol. The molecule has 128 valence electrons. The van der Waals surface area contributed by atoms with Crippen LogP contribution in [0.1, 0.15) is 65.2 Å². The Labute approximate surface area is 135 Å². The largest absolute Gasteiger partial charge is 0.352 e. The van der Waals surface area contributed by atoms with Crippen LogP contribution in [0.5, 0.6) is 0 Å². The van der Waals surface area contributed by atoms with E-state index in [1.54, 1.807) is 0 Å². The zero-order valence-corrected chi connectivity index (χ0v) is 14.8. The first kappa shape index (κ1) is 17.8. The third-order valence-corrected chi connectivity index (χ3v) is 7.30. The van der Waals surface area contributed by atoms with Gasteiger partial charge in [-0.25, -0.2) is 8.42 Å². The highest BCUT2D eigenvalue weighted by atomic mass is 32.2. The van der Waals surface area contributed by atoms with E-state index in [0.29, 0.717) is 11.8 Å². The van der Waals surface area contributed by atoms with Gasteiger partial charge >= 0.3 is 0 Å². The SMILES string of the molecule is CC1CCCC(NC(=O)CS(=O)(=O)CC2CCCCC2)C1C. The molecule has 0 aromatic carbocycles. The van der Waals surface area contributed by atoms with Crippen LogP contribution in [0.2, 0.25) is 0 Å². The van der Waals surface area contributed by atoms with Crippen molar-refractivity contribution in [3.63, 3.8) is 0 Å². The molecule has 22 heavy (non-hydrogen) atoms. The standard InChI is InChI=1S/C17H31NO3S/c1-13-7-6-10-16(14(13)2)18-17(19)12-22(20,21)11-15-8-4-3-5-9-15/h13-16H,3-12H2,1-2H3,(H,18,19). The van der Waals surface area contributed by atoms with E-state index in [1.165, 1.54) is 12.8 Å². The van der Waals surface area contributed by atoms with E-state index >= 15 is 0 Å². The Bertz CT molecular complexity index is 468. The molecule has 0 aromatic heterocycles. The van der Waals surface area contributed by atoms with Crippen molar-refractivity contribution < 1.29 is 13.2 Å². The lowest BCUT2D eigenvalue weighted by molar-refractivity contribution is -0.120. The Kier molecular flexibility index (Phi) is 6.30. The lowest BCUT2D eigenvalue weighted by atomic mass is 9.78. The molecule has 0 aromatic rings. The van der Waals surface area contributed by atoms with E-state index in [-0.39, 0.29) is 29.4 Å². The van der Waals surface area contributed by atoms with Crippen molar-refractivity contribution in [2.75, 3.05) is 11.5 Å². The van der Waals surface area contributed by atoms with E-state index in [9.17, 15) is 13.2 Å². The number of carbonyl (C=O) groups excluding carboxylic acids is 1. The van der Waals surface area contributed by atoms with Crippen LogP contribution in [0.4, 0.5) is 0 Å². The molecule has 2 aliphatic rings. The number of sulfone groups is 1. The summed E-state index contributed by atoms with van der Waals surface area (Å²) in [4.78, 5) is 12.1. The fraction of sp³-hybridized carbons (Fsp3) is 0.941. The van der Waals surface area contributed by atoms with Gasteiger partial charge in [-0.1, -0.05) is 46.0 Å². The number of nitrogens with one attached hydrogen (secondary N) is 1. The summed E-state index contributed by atoms with van der Waals surface area (Å²) < 4.78 is 24.5. The minimum Gasteiger partial charge on any atom is -0.352 e. The van der Waals surface area contributed by atoms with Crippen LogP contribution < -0.4 is 5.32 Å². The summed E-state index contributed by atoms with van der Waals surface area (Å²) in [5, 5.41) is 2.97. The maximum atomic E-state index is 12.2. The molecule has 0 bridgehead atoms. The van der Waals surface area contributed by atoms with Crippen LogP contribution in [0, 0.1) is 17.8 Å². The van der Waals surface area contributed by atoms with Gasteiger partial charge in [-0.05, 0) is 37.0 Å². The molecule has 1 amide bonds. The molecule has 0 radical (unpaired) electrons. The number of hydrogen-bond acceptors (Lipinski definition) is 3. The normalized spacial score (nSPS) is 30.9. The summed E-state index contributed by atoms with van der Waals surface area (Å²) in [6.07, 6.45) is 8.76. The van der Waals surface area contributed by atoms with Crippen LogP contribution in [-0.4, -0.2) is 31.9 Å². The Balaban J connectivity index is 1.82. The molecular formula is C17H31NO3S. The Morgan fingerprint density at radius 1 is 1.00 bits per heavy atom. The molecule has 4 nitrogen and oxygen atoms in total. The van der Waals surface area contributed by atoms with Crippen LogP contribution in [0.3, 0.4) is 0 Å². The summed E-state index contributed by atoms with van der Waals surface area (Å²) in [6.45, 7) is 4.37. The van der Waals surface area contributed by atoms with Crippen LogP contribution in [-0.2, 0) is 14.6 Å². The molecule has 2 aliphatic carbocycles. The van der Waals surface area contributed by atoms with Crippen LogP contribution in [0.15, 0.2) is 0 Å². The maximum absolute atomic E-state index is 12.2. The molecule has 0 saturated heterocycles. The van der Waals surface area contributed by atoms with Gasteiger partial charge in [0, 0.05) is 6.04 Å². The second-order valence-electron chi connectivity index (χ2n) is 7.50. The smallest absolute Gasteiger partial charge is 0.235 e. The maximum Gasteiger partial charge on any atom is 0.235 e. The van der Waals surface area contributed by atoms with Gasteiger partial charge in [0.1, 0.15) is 5.75 Å². The van der Waals surface area contributed by atoms with Gasteiger partial charge in [-0.15, -0.1) is 0 Å². The van der Waals surface area contributed by atoms with Gasteiger partial charge < -0.3 is 5.32 Å². The first-order chi connectivity index (χ1) is 10.4. The average Bonchev–Trinajstić information content (AvgIpc) is 2.43. The molecule has 0 spiro atoms. The van der Waals surface area contributed by atoms with Crippen LogP contribution in [0.25, 0.3) is 0 Å². The van der Waals surface area contributed by atoms with Gasteiger partial charge in [0.2, 0.25) is 5.91 Å². The number of amides is 1. The van der Waals surface area contributed by atoms with Crippen molar-refractivity contribution in [3.8, 4) is 0 Å². The van der Waals surface area contributed by atoms with Gasteiger partial charge in [0.25, 0.3) is 0 Å². The minimum absolute atomic E-state index is 0.140. The highest BCUT2D eigenvalue weighted by Crippen LogP contribution is 2.29. The zero-order valence-electron chi connectivity index (χ0n) is 14.0. The lowest BCUT2D eigenvalue weighted by Crippen LogP contribution is -2.46. The molecule has 0 heterocycles. The molecule has 1 N–H and O–H groups in total. The quantitative estimate of drug-likeness (QED) is 0.843. The molecule has 2 fully saturated rings. The Hall–Kier alpha value is -0.580. The highest BCUT2D eigenvalue weighted by molar-refractivity contribution is 7.92. The van der Waals surface area contributed by atoms with E-state index in [4.69, 9.17) is 0 Å². The zero-order chi connectivity index (χ0) is 16.2. The number of hydrogen-bond donors (Lipinski definition) is 1. The highest BCUT2D eigenvalue weighted by Gasteiger charge is 2.30.